The third kappa shape index (κ3) is 2.64. The topological polar surface area (TPSA) is 86.7 Å². The van der Waals surface area contributed by atoms with Crippen LogP contribution in [-0.2, 0) is 14.4 Å². The van der Waals surface area contributed by atoms with Crippen molar-refractivity contribution >= 4 is 17.8 Å². The zero-order valence-corrected chi connectivity index (χ0v) is 11.4. The molecule has 0 radical (unpaired) electrons. The molecule has 2 amide bonds. The summed E-state index contributed by atoms with van der Waals surface area (Å²) in [5, 5.41) is 11.8. The maximum Gasteiger partial charge on any atom is 0.326 e. The van der Waals surface area contributed by atoms with Crippen LogP contribution in [0.15, 0.2) is 0 Å². The first kappa shape index (κ1) is 13.4. The molecule has 0 aromatic carbocycles. The number of rotatable bonds is 5. The van der Waals surface area contributed by atoms with Gasteiger partial charge in [-0.15, -0.1) is 0 Å². The Morgan fingerprint density at radius 3 is 2.35 bits per heavy atom. The van der Waals surface area contributed by atoms with Crippen LogP contribution in [0.25, 0.3) is 0 Å². The third-order valence-electron chi connectivity index (χ3n) is 4.42. The van der Waals surface area contributed by atoms with Gasteiger partial charge in [0.2, 0.25) is 11.8 Å². The number of hydrogen-bond acceptors (Lipinski definition) is 3. The fourth-order valence-electron chi connectivity index (χ4n) is 2.93. The molecule has 2 saturated carbocycles. The van der Waals surface area contributed by atoms with Crippen molar-refractivity contribution in [2.75, 3.05) is 6.54 Å². The highest BCUT2D eigenvalue weighted by Crippen LogP contribution is 2.35. The van der Waals surface area contributed by atoms with E-state index in [4.69, 9.17) is 5.11 Å². The summed E-state index contributed by atoms with van der Waals surface area (Å²) in [7, 11) is 0. The summed E-state index contributed by atoms with van der Waals surface area (Å²) in [6.07, 6.45) is 5.01. The number of carboxylic acid groups (broad SMARTS) is 1. The number of hydrogen-bond donors (Lipinski definition) is 2. The first-order valence-corrected chi connectivity index (χ1v) is 7.41. The Kier molecular flexibility index (Phi) is 3.40. The quantitative estimate of drug-likeness (QED) is 0.761. The minimum absolute atomic E-state index is 0.0606. The molecule has 0 bridgehead atoms. The summed E-state index contributed by atoms with van der Waals surface area (Å²) in [6, 6.07) is -1.26. The SMILES string of the molecule is O=C(O)C(NC(=O)C1CCCN1C(=O)C1CC1)C1CC1. The zero-order valence-electron chi connectivity index (χ0n) is 11.4. The van der Waals surface area contributed by atoms with E-state index < -0.39 is 18.1 Å². The highest BCUT2D eigenvalue weighted by Gasteiger charge is 2.43. The summed E-state index contributed by atoms with van der Waals surface area (Å²) >= 11 is 0. The number of nitrogens with zero attached hydrogens (tertiary/aromatic N) is 1. The van der Waals surface area contributed by atoms with Crippen LogP contribution in [0, 0.1) is 11.8 Å². The van der Waals surface area contributed by atoms with Crippen LogP contribution in [0.2, 0.25) is 0 Å². The largest absolute Gasteiger partial charge is 0.480 e. The molecule has 110 valence electrons. The van der Waals surface area contributed by atoms with Crippen molar-refractivity contribution in [1.82, 2.24) is 10.2 Å². The molecule has 2 N–H and O–H groups in total. The summed E-state index contributed by atoms with van der Waals surface area (Å²) in [5.41, 5.74) is 0. The zero-order chi connectivity index (χ0) is 14.3. The third-order valence-corrected chi connectivity index (χ3v) is 4.42. The fraction of sp³-hybridized carbons (Fsp3) is 0.786. The number of carbonyl (C=O) groups excluding carboxylic acids is 2. The Morgan fingerprint density at radius 2 is 1.80 bits per heavy atom. The molecule has 1 heterocycles. The normalized spacial score (nSPS) is 27.2. The fourth-order valence-corrected chi connectivity index (χ4v) is 2.93. The Balaban J connectivity index is 1.62. The second-order valence-electron chi connectivity index (χ2n) is 6.13. The first-order valence-electron chi connectivity index (χ1n) is 7.41. The van der Waals surface area contributed by atoms with Crippen molar-refractivity contribution in [3.63, 3.8) is 0 Å². The lowest BCUT2D eigenvalue weighted by Crippen LogP contribution is -2.51. The maximum atomic E-state index is 12.3. The lowest BCUT2D eigenvalue weighted by molar-refractivity contribution is -0.144. The van der Waals surface area contributed by atoms with Gasteiger partial charge in [-0.2, -0.15) is 0 Å². The molecule has 1 saturated heterocycles. The molecule has 6 nitrogen and oxygen atoms in total. The van der Waals surface area contributed by atoms with Crippen molar-refractivity contribution in [2.45, 2.75) is 50.6 Å². The van der Waals surface area contributed by atoms with Gasteiger partial charge in [-0.1, -0.05) is 0 Å². The van der Waals surface area contributed by atoms with Crippen LogP contribution in [0.3, 0.4) is 0 Å². The number of amides is 2. The van der Waals surface area contributed by atoms with Crippen LogP contribution in [0.4, 0.5) is 0 Å². The maximum absolute atomic E-state index is 12.3. The summed E-state index contributed by atoms with van der Waals surface area (Å²) in [4.78, 5) is 37.2. The molecule has 1 aliphatic heterocycles. The number of nitrogens with one attached hydrogen (secondary N) is 1. The summed E-state index contributed by atoms with van der Waals surface area (Å²) in [5.74, 6) is -1.04. The number of aliphatic carboxylic acids is 1. The summed E-state index contributed by atoms with van der Waals surface area (Å²) < 4.78 is 0. The van der Waals surface area contributed by atoms with Gasteiger partial charge in [0.05, 0.1) is 0 Å². The van der Waals surface area contributed by atoms with E-state index in [-0.39, 0.29) is 23.7 Å². The predicted octanol–water partition coefficient (Wildman–Crippen LogP) is 0.367. The molecular weight excluding hydrogens is 260 g/mol. The lowest BCUT2D eigenvalue weighted by Gasteiger charge is -2.25. The van der Waals surface area contributed by atoms with Crippen molar-refractivity contribution < 1.29 is 19.5 Å². The van der Waals surface area contributed by atoms with Crippen LogP contribution in [-0.4, -0.2) is 46.4 Å². The van der Waals surface area contributed by atoms with Gasteiger partial charge < -0.3 is 15.3 Å². The van der Waals surface area contributed by atoms with Gasteiger partial charge in [0, 0.05) is 12.5 Å². The van der Waals surface area contributed by atoms with E-state index in [0.717, 1.165) is 32.1 Å². The van der Waals surface area contributed by atoms with Gasteiger partial charge in [0.25, 0.3) is 0 Å². The molecule has 0 aromatic heterocycles. The van der Waals surface area contributed by atoms with Crippen molar-refractivity contribution in [2.24, 2.45) is 11.8 Å². The predicted molar refractivity (Wildman–Crippen MR) is 69.7 cm³/mol. The average Bonchev–Trinajstić information content (AvgIpc) is 3.31. The smallest absolute Gasteiger partial charge is 0.326 e. The second-order valence-corrected chi connectivity index (χ2v) is 6.13. The monoisotopic (exact) mass is 280 g/mol. The van der Waals surface area contributed by atoms with Crippen LogP contribution in [0.1, 0.15) is 38.5 Å². The number of likely N-dealkylation sites (tertiary alicyclic amines) is 1. The Hall–Kier alpha value is -1.59. The van der Waals surface area contributed by atoms with E-state index in [9.17, 15) is 14.4 Å². The molecule has 6 heteroatoms. The Morgan fingerprint density at radius 1 is 1.10 bits per heavy atom. The molecule has 20 heavy (non-hydrogen) atoms. The van der Waals surface area contributed by atoms with Gasteiger partial charge >= 0.3 is 5.97 Å². The van der Waals surface area contributed by atoms with Gasteiger partial charge in [-0.3, -0.25) is 9.59 Å². The summed E-state index contributed by atoms with van der Waals surface area (Å²) in [6.45, 7) is 0.620. The Labute approximate surface area is 117 Å². The minimum Gasteiger partial charge on any atom is -0.480 e. The van der Waals surface area contributed by atoms with E-state index in [1.807, 2.05) is 0 Å². The van der Waals surface area contributed by atoms with E-state index in [1.54, 1.807) is 4.90 Å². The molecule has 0 aromatic rings. The molecule has 0 spiro atoms. The van der Waals surface area contributed by atoms with Crippen LogP contribution < -0.4 is 5.32 Å². The number of carboxylic acids is 1. The van der Waals surface area contributed by atoms with Crippen molar-refractivity contribution in [3.05, 3.63) is 0 Å². The van der Waals surface area contributed by atoms with Gasteiger partial charge in [0.1, 0.15) is 12.1 Å². The van der Waals surface area contributed by atoms with Crippen molar-refractivity contribution in [1.29, 1.82) is 0 Å². The molecule has 2 unspecified atom stereocenters. The van der Waals surface area contributed by atoms with E-state index in [1.165, 1.54) is 0 Å². The molecular formula is C14H20N2O4. The second kappa shape index (κ2) is 5.07. The Bertz CT molecular complexity index is 442. The molecule has 3 rings (SSSR count). The first-order chi connectivity index (χ1) is 9.58. The standard InChI is InChI=1S/C14H20N2O4/c17-12(15-11(14(19)20)8-3-4-8)10-2-1-7-16(10)13(18)9-5-6-9/h8-11H,1-7H2,(H,15,17)(H,19,20). The van der Waals surface area contributed by atoms with Gasteiger partial charge in [0.15, 0.2) is 0 Å². The molecule has 3 aliphatic rings. The van der Waals surface area contributed by atoms with Crippen LogP contribution >= 0.6 is 0 Å². The van der Waals surface area contributed by atoms with Crippen molar-refractivity contribution in [3.8, 4) is 0 Å². The highest BCUT2D eigenvalue weighted by molar-refractivity contribution is 5.92. The number of carbonyl (C=O) groups is 3. The van der Waals surface area contributed by atoms with E-state index in [0.29, 0.717) is 13.0 Å². The molecule has 2 aliphatic carbocycles. The highest BCUT2D eigenvalue weighted by atomic mass is 16.4. The van der Waals surface area contributed by atoms with Gasteiger partial charge in [-0.05, 0) is 44.4 Å². The van der Waals surface area contributed by atoms with E-state index >= 15 is 0 Å². The average molecular weight is 280 g/mol. The lowest BCUT2D eigenvalue weighted by atomic mass is 10.1. The van der Waals surface area contributed by atoms with E-state index in [2.05, 4.69) is 5.32 Å². The van der Waals surface area contributed by atoms with Gasteiger partial charge in [-0.25, -0.2) is 4.79 Å². The van der Waals surface area contributed by atoms with Crippen LogP contribution in [0.5, 0.6) is 0 Å². The minimum atomic E-state index is -0.973. The molecule has 3 fully saturated rings. The molecule has 2 atom stereocenters.